The summed E-state index contributed by atoms with van der Waals surface area (Å²) < 4.78 is 15.8. The van der Waals surface area contributed by atoms with Crippen LogP contribution >= 0.6 is 0 Å². The summed E-state index contributed by atoms with van der Waals surface area (Å²) in [5.41, 5.74) is 0. The maximum absolute atomic E-state index is 5.53. The highest BCUT2D eigenvalue weighted by atomic mass is 16.5. The van der Waals surface area contributed by atoms with Crippen LogP contribution in [0.2, 0.25) is 0 Å². The lowest BCUT2D eigenvalue weighted by Gasteiger charge is -2.32. The van der Waals surface area contributed by atoms with Gasteiger partial charge >= 0.3 is 0 Å². The monoisotopic (exact) mass is 288 g/mol. The van der Waals surface area contributed by atoms with Crippen LogP contribution in [0.4, 0.5) is 0 Å². The lowest BCUT2D eigenvalue weighted by atomic mass is 10.1. The van der Waals surface area contributed by atoms with Crippen molar-refractivity contribution in [2.45, 2.75) is 32.2 Å². The van der Waals surface area contributed by atoms with E-state index in [-0.39, 0.29) is 0 Å². The molecule has 120 valence electrons. The van der Waals surface area contributed by atoms with Crippen LogP contribution in [0, 0.1) is 0 Å². The smallest absolute Gasteiger partial charge is 0.0701 e. The molecule has 1 N–H and O–H groups in total. The third-order valence-corrected chi connectivity index (χ3v) is 3.61. The van der Waals surface area contributed by atoms with Gasteiger partial charge in [0.1, 0.15) is 0 Å². The maximum Gasteiger partial charge on any atom is 0.0701 e. The Morgan fingerprint density at radius 2 is 1.65 bits per heavy atom. The molecule has 0 aromatic heterocycles. The van der Waals surface area contributed by atoms with Crippen molar-refractivity contribution in [3.8, 4) is 0 Å². The molecule has 1 rings (SSSR count). The van der Waals surface area contributed by atoms with E-state index in [0.29, 0.717) is 32.5 Å². The van der Waals surface area contributed by atoms with Gasteiger partial charge in [0, 0.05) is 19.7 Å². The van der Waals surface area contributed by atoms with Gasteiger partial charge in [0.05, 0.1) is 33.0 Å². The number of methoxy groups -OCH3 is 1. The molecule has 0 aromatic rings. The molecule has 20 heavy (non-hydrogen) atoms. The molecule has 5 heteroatoms. The fraction of sp³-hybridized carbons (Fsp3) is 1.00. The summed E-state index contributed by atoms with van der Waals surface area (Å²) in [5.74, 6) is 0. The number of piperidine rings is 1. The number of hydrogen-bond acceptors (Lipinski definition) is 5. The minimum Gasteiger partial charge on any atom is -0.382 e. The molecule has 1 aliphatic heterocycles. The maximum atomic E-state index is 5.53. The number of nitrogens with zero attached hydrogens (tertiary/aromatic N) is 1. The highest BCUT2D eigenvalue weighted by molar-refractivity contribution is 4.76. The summed E-state index contributed by atoms with van der Waals surface area (Å²) in [6.07, 6.45) is 3.79. The normalized spacial score (nSPS) is 17.7. The van der Waals surface area contributed by atoms with Gasteiger partial charge in [0.15, 0.2) is 0 Å². The quantitative estimate of drug-likeness (QED) is 0.545. The zero-order chi connectivity index (χ0) is 14.5. The summed E-state index contributed by atoms with van der Waals surface area (Å²) in [5, 5.41) is 3.58. The van der Waals surface area contributed by atoms with Crippen molar-refractivity contribution >= 4 is 0 Å². The van der Waals surface area contributed by atoms with E-state index >= 15 is 0 Å². The van der Waals surface area contributed by atoms with Gasteiger partial charge in [-0.1, -0.05) is 6.92 Å². The average molecular weight is 288 g/mol. The van der Waals surface area contributed by atoms with Crippen LogP contribution in [-0.4, -0.2) is 77.3 Å². The lowest BCUT2D eigenvalue weighted by molar-refractivity contribution is 0.0248. The number of ether oxygens (including phenoxy) is 3. The molecule has 0 aromatic carbocycles. The Morgan fingerprint density at radius 1 is 1.00 bits per heavy atom. The molecule has 1 fully saturated rings. The standard InChI is InChI=1S/C15H32N2O3/c1-3-7-17-8-4-15(5-9-17)16-6-10-19-13-14-20-12-11-18-2/h15-16H,3-14H2,1-2H3. The first kappa shape index (κ1) is 17.9. The van der Waals surface area contributed by atoms with E-state index in [1.54, 1.807) is 7.11 Å². The number of nitrogens with one attached hydrogen (secondary N) is 1. The van der Waals surface area contributed by atoms with Gasteiger partial charge in [-0.05, 0) is 38.9 Å². The summed E-state index contributed by atoms with van der Waals surface area (Å²) in [7, 11) is 1.68. The predicted octanol–water partition coefficient (Wildman–Crippen LogP) is 1.13. The molecule has 0 unspecified atom stereocenters. The van der Waals surface area contributed by atoms with Crippen molar-refractivity contribution in [3.05, 3.63) is 0 Å². The Kier molecular flexibility index (Phi) is 11.2. The van der Waals surface area contributed by atoms with Crippen LogP contribution in [0.25, 0.3) is 0 Å². The Labute approximate surface area is 123 Å². The molecular formula is C15H32N2O3. The van der Waals surface area contributed by atoms with Crippen molar-refractivity contribution in [2.24, 2.45) is 0 Å². The second-order valence-corrected chi connectivity index (χ2v) is 5.29. The van der Waals surface area contributed by atoms with Gasteiger partial charge in [-0.3, -0.25) is 0 Å². The van der Waals surface area contributed by atoms with Crippen molar-refractivity contribution in [1.29, 1.82) is 0 Å². The molecule has 1 heterocycles. The van der Waals surface area contributed by atoms with E-state index in [9.17, 15) is 0 Å². The second kappa shape index (κ2) is 12.5. The van der Waals surface area contributed by atoms with E-state index in [4.69, 9.17) is 14.2 Å². The Balaban J connectivity index is 1.83. The zero-order valence-electron chi connectivity index (χ0n) is 13.2. The van der Waals surface area contributed by atoms with Crippen molar-refractivity contribution in [1.82, 2.24) is 10.2 Å². The lowest BCUT2D eigenvalue weighted by Crippen LogP contribution is -2.43. The second-order valence-electron chi connectivity index (χ2n) is 5.29. The Hall–Kier alpha value is -0.200. The van der Waals surface area contributed by atoms with E-state index in [1.165, 1.54) is 38.9 Å². The van der Waals surface area contributed by atoms with Gasteiger partial charge in [0.2, 0.25) is 0 Å². The van der Waals surface area contributed by atoms with Gasteiger partial charge in [-0.25, -0.2) is 0 Å². The van der Waals surface area contributed by atoms with E-state index in [1.807, 2.05) is 0 Å². The van der Waals surface area contributed by atoms with Crippen LogP contribution in [-0.2, 0) is 14.2 Å². The molecule has 0 spiro atoms. The van der Waals surface area contributed by atoms with Crippen LogP contribution in [0.15, 0.2) is 0 Å². The molecule has 1 saturated heterocycles. The van der Waals surface area contributed by atoms with Gasteiger partial charge < -0.3 is 24.4 Å². The SMILES string of the molecule is CCCN1CCC(NCCOCCOCCOC)CC1. The number of hydrogen-bond donors (Lipinski definition) is 1. The highest BCUT2D eigenvalue weighted by Crippen LogP contribution is 2.10. The van der Waals surface area contributed by atoms with Crippen molar-refractivity contribution in [2.75, 3.05) is 66.3 Å². The van der Waals surface area contributed by atoms with Crippen LogP contribution < -0.4 is 5.32 Å². The minimum atomic E-state index is 0.647. The fourth-order valence-electron chi connectivity index (χ4n) is 2.48. The molecule has 0 amide bonds. The minimum absolute atomic E-state index is 0.647. The van der Waals surface area contributed by atoms with E-state index in [0.717, 1.165) is 13.2 Å². The number of likely N-dealkylation sites (tertiary alicyclic amines) is 1. The number of rotatable bonds is 12. The first-order valence-electron chi connectivity index (χ1n) is 7.97. The molecule has 0 radical (unpaired) electrons. The molecule has 0 atom stereocenters. The predicted molar refractivity (Wildman–Crippen MR) is 81.3 cm³/mol. The average Bonchev–Trinajstić information content (AvgIpc) is 2.47. The molecule has 1 aliphatic rings. The molecule has 0 saturated carbocycles. The zero-order valence-corrected chi connectivity index (χ0v) is 13.2. The van der Waals surface area contributed by atoms with Crippen LogP contribution in [0.3, 0.4) is 0 Å². The first-order chi connectivity index (χ1) is 9.86. The van der Waals surface area contributed by atoms with Gasteiger partial charge in [-0.15, -0.1) is 0 Å². The van der Waals surface area contributed by atoms with Crippen molar-refractivity contribution < 1.29 is 14.2 Å². The summed E-state index contributed by atoms with van der Waals surface area (Å²) in [4.78, 5) is 2.56. The van der Waals surface area contributed by atoms with E-state index < -0.39 is 0 Å². The third kappa shape index (κ3) is 8.87. The van der Waals surface area contributed by atoms with Crippen LogP contribution in [0.5, 0.6) is 0 Å². The molecule has 0 bridgehead atoms. The van der Waals surface area contributed by atoms with Crippen molar-refractivity contribution in [3.63, 3.8) is 0 Å². The Bertz CT molecular complexity index is 209. The van der Waals surface area contributed by atoms with Gasteiger partial charge in [0.25, 0.3) is 0 Å². The highest BCUT2D eigenvalue weighted by Gasteiger charge is 2.17. The first-order valence-corrected chi connectivity index (χ1v) is 7.97. The molecular weight excluding hydrogens is 256 g/mol. The third-order valence-electron chi connectivity index (χ3n) is 3.61. The molecule has 0 aliphatic carbocycles. The summed E-state index contributed by atoms with van der Waals surface area (Å²) in [6, 6.07) is 0.671. The Morgan fingerprint density at radius 3 is 2.30 bits per heavy atom. The topological polar surface area (TPSA) is 43.0 Å². The summed E-state index contributed by atoms with van der Waals surface area (Å²) >= 11 is 0. The summed E-state index contributed by atoms with van der Waals surface area (Å²) in [6.45, 7) is 10.3. The fourth-order valence-corrected chi connectivity index (χ4v) is 2.48. The van der Waals surface area contributed by atoms with E-state index in [2.05, 4.69) is 17.1 Å². The van der Waals surface area contributed by atoms with Crippen LogP contribution in [0.1, 0.15) is 26.2 Å². The van der Waals surface area contributed by atoms with Gasteiger partial charge in [-0.2, -0.15) is 0 Å². The largest absolute Gasteiger partial charge is 0.382 e. The molecule has 5 nitrogen and oxygen atoms in total.